The van der Waals surface area contributed by atoms with Gasteiger partial charge in [-0.3, -0.25) is 14.5 Å². The highest BCUT2D eigenvalue weighted by Crippen LogP contribution is 2.22. The normalized spacial score (nSPS) is 14.8. The monoisotopic (exact) mass is 310 g/mol. The van der Waals surface area contributed by atoms with Crippen LogP contribution in [0.4, 0.5) is 16.2 Å². The molecule has 1 heterocycles. The predicted octanol–water partition coefficient (Wildman–Crippen LogP) is 1.14. The molecule has 1 aromatic carbocycles. The number of imide groups is 1. The number of hydrogen-bond acceptors (Lipinski definition) is 4. The number of anilines is 2. The Kier molecular flexibility index (Phi) is 4.32. The van der Waals surface area contributed by atoms with Gasteiger partial charge in [-0.25, -0.2) is 4.79 Å². The van der Waals surface area contributed by atoms with Gasteiger partial charge in [0.1, 0.15) is 6.54 Å². The molecule has 8 heteroatoms. The van der Waals surface area contributed by atoms with E-state index < -0.39 is 0 Å². The number of nitrogen functional groups attached to an aromatic ring is 1. The molecule has 0 unspecified atom stereocenters. The number of benzene rings is 1. The Labute approximate surface area is 126 Å². The number of nitrogens with two attached hydrogens (primary N) is 1. The first-order chi connectivity index (χ1) is 9.88. The summed E-state index contributed by atoms with van der Waals surface area (Å²) in [5.41, 5.74) is 6.51. The Balaban J connectivity index is 1.89. The number of rotatable bonds is 4. The van der Waals surface area contributed by atoms with Gasteiger partial charge >= 0.3 is 6.03 Å². The molecule has 0 aromatic heterocycles. The molecule has 1 fully saturated rings. The Hall–Kier alpha value is -2.28. The molecule has 21 heavy (non-hydrogen) atoms. The van der Waals surface area contributed by atoms with Crippen LogP contribution in [0.1, 0.15) is 6.42 Å². The molecule has 7 nitrogen and oxygen atoms in total. The number of nitrogens with zero attached hydrogens (tertiary/aromatic N) is 2. The summed E-state index contributed by atoms with van der Waals surface area (Å²) < 4.78 is 0. The van der Waals surface area contributed by atoms with Crippen molar-refractivity contribution < 1.29 is 14.4 Å². The van der Waals surface area contributed by atoms with Crippen LogP contribution in [0, 0.1) is 0 Å². The van der Waals surface area contributed by atoms with Crippen molar-refractivity contribution >= 4 is 40.8 Å². The van der Waals surface area contributed by atoms with E-state index in [1.54, 1.807) is 18.2 Å². The van der Waals surface area contributed by atoms with E-state index in [2.05, 4.69) is 5.32 Å². The number of hydrogen-bond donors (Lipinski definition) is 2. The van der Waals surface area contributed by atoms with Crippen LogP contribution < -0.4 is 11.1 Å². The van der Waals surface area contributed by atoms with Crippen LogP contribution in [-0.4, -0.2) is 47.8 Å². The summed E-state index contributed by atoms with van der Waals surface area (Å²) >= 11 is 5.79. The summed E-state index contributed by atoms with van der Waals surface area (Å²) in [6.45, 7) is 0.102. The number of halogens is 1. The molecule has 2 rings (SSSR count). The summed E-state index contributed by atoms with van der Waals surface area (Å²) in [4.78, 5) is 37.4. The molecule has 1 aliphatic rings. The van der Waals surface area contributed by atoms with Crippen LogP contribution in [0.25, 0.3) is 0 Å². The zero-order valence-corrected chi connectivity index (χ0v) is 12.2. The number of likely N-dealkylation sites (N-methyl/N-ethyl adjacent to an activating group) is 1. The second-order valence-electron chi connectivity index (χ2n) is 4.72. The zero-order valence-electron chi connectivity index (χ0n) is 11.4. The molecule has 0 saturated carbocycles. The van der Waals surface area contributed by atoms with E-state index in [0.717, 1.165) is 4.90 Å². The Morgan fingerprint density at radius 1 is 1.43 bits per heavy atom. The number of amides is 4. The lowest BCUT2D eigenvalue weighted by molar-refractivity contribution is -0.125. The molecule has 1 saturated heterocycles. The van der Waals surface area contributed by atoms with Gasteiger partial charge in [0.05, 0.1) is 10.7 Å². The van der Waals surface area contributed by atoms with Crippen molar-refractivity contribution in [2.75, 3.05) is 31.2 Å². The minimum atomic E-state index is -0.386. The molecule has 0 aliphatic carbocycles. The molecular weight excluding hydrogens is 296 g/mol. The summed E-state index contributed by atoms with van der Waals surface area (Å²) in [6.07, 6.45) is 0.0217. The SMILES string of the molecule is CN1CC(=O)N(CCC(=O)Nc2ccc(Cl)c(N)c2)C1=O. The Bertz CT molecular complexity index is 605. The van der Waals surface area contributed by atoms with Gasteiger partial charge in [0, 0.05) is 25.7 Å². The van der Waals surface area contributed by atoms with Gasteiger partial charge < -0.3 is 16.0 Å². The highest BCUT2D eigenvalue weighted by Gasteiger charge is 2.33. The Morgan fingerprint density at radius 2 is 2.14 bits per heavy atom. The average Bonchev–Trinajstić information content (AvgIpc) is 2.66. The number of nitrogens with one attached hydrogen (secondary N) is 1. The van der Waals surface area contributed by atoms with E-state index in [4.69, 9.17) is 17.3 Å². The highest BCUT2D eigenvalue weighted by molar-refractivity contribution is 6.33. The maximum atomic E-state index is 11.8. The maximum Gasteiger partial charge on any atom is 0.326 e. The van der Waals surface area contributed by atoms with Crippen molar-refractivity contribution in [3.63, 3.8) is 0 Å². The first kappa shape index (κ1) is 15.1. The molecule has 1 aliphatic heterocycles. The van der Waals surface area contributed by atoms with Crippen molar-refractivity contribution in [2.24, 2.45) is 0 Å². The fourth-order valence-electron chi connectivity index (χ4n) is 1.95. The number of carbonyl (C=O) groups excluding carboxylic acids is 3. The minimum absolute atomic E-state index is 0.0217. The van der Waals surface area contributed by atoms with E-state index in [9.17, 15) is 14.4 Å². The summed E-state index contributed by atoms with van der Waals surface area (Å²) in [5.74, 6) is -0.613. The van der Waals surface area contributed by atoms with Gasteiger partial charge in [-0.1, -0.05) is 11.6 Å². The summed E-state index contributed by atoms with van der Waals surface area (Å²) in [7, 11) is 1.54. The Morgan fingerprint density at radius 3 is 2.71 bits per heavy atom. The lowest BCUT2D eigenvalue weighted by atomic mass is 10.2. The quantitative estimate of drug-likeness (QED) is 0.644. The molecular formula is C13H15ClN4O3. The fourth-order valence-corrected chi connectivity index (χ4v) is 2.06. The molecule has 1 aromatic rings. The third-order valence-corrected chi connectivity index (χ3v) is 3.42. The lowest BCUT2D eigenvalue weighted by Gasteiger charge is -2.14. The van der Waals surface area contributed by atoms with Crippen molar-refractivity contribution in [1.29, 1.82) is 0 Å². The average molecular weight is 311 g/mol. The van der Waals surface area contributed by atoms with Crippen LogP contribution in [0.15, 0.2) is 18.2 Å². The second kappa shape index (κ2) is 6.01. The lowest BCUT2D eigenvalue weighted by Crippen LogP contribution is -2.34. The fraction of sp³-hybridized carbons (Fsp3) is 0.308. The van der Waals surface area contributed by atoms with E-state index in [0.29, 0.717) is 16.4 Å². The van der Waals surface area contributed by atoms with Crippen molar-refractivity contribution in [2.45, 2.75) is 6.42 Å². The third kappa shape index (κ3) is 3.43. The predicted molar refractivity (Wildman–Crippen MR) is 78.9 cm³/mol. The van der Waals surface area contributed by atoms with Crippen LogP contribution in [0.3, 0.4) is 0 Å². The third-order valence-electron chi connectivity index (χ3n) is 3.07. The standard InChI is InChI=1S/C13H15ClN4O3/c1-17-7-12(20)18(13(17)21)5-4-11(19)16-8-2-3-9(14)10(15)6-8/h2-3,6H,4-5,7,15H2,1H3,(H,16,19). The molecule has 0 spiro atoms. The van der Waals surface area contributed by atoms with Crippen LogP contribution >= 0.6 is 11.6 Å². The maximum absolute atomic E-state index is 11.8. The second-order valence-corrected chi connectivity index (χ2v) is 5.13. The van der Waals surface area contributed by atoms with Gasteiger partial charge in [-0.05, 0) is 18.2 Å². The first-order valence-corrected chi connectivity index (χ1v) is 6.66. The highest BCUT2D eigenvalue weighted by atomic mass is 35.5. The van der Waals surface area contributed by atoms with E-state index >= 15 is 0 Å². The largest absolute Gasteiger partial charge is 0.397 e. The first-order valence-electron chi connectivity index (χ1n) is 6.29. The van der Waals surface area contributed by atoms with Gasteiger partial charge in [-0.15, -0.1) is 0 Å². The molecule has 0 bridgehead atoms. The van der Waals surface area contributed by atoms with Gasteiger partial charge in [0.15, 0.2) is 0 Å². The van der Waals surface area contributed by atoms with E-state index in [1.165, 1.54) is 11.9 Å². The van der Waals surface area contributed by atoms with Crippen LogP contribution in [0.5, 0.6) is 0 Å². The zero-order chi connectivity index (χ0) is 15.6. The topological polar surface area (TPSA) is 95.7 Å². The van der Waals surface area contributed by atoms with E-state index in [-0.39, 0.29) is 37.4 Å². The number of carbonyl (C=O) groups is 3. The molecule has 0 atom stereocenters. The van der Waals surface area contributed by atoms with Gasteiger partial charge in [0.25, 0.3) is 0 Å². The van der Waals surface area contributed by atoms with Crippen LogP contribution in [-0.2, 0) is 9.59 Å². The molecule has 0 radical (unpaired) electrons. The number of urea groups is 1. The van der Waals surface area contributed by atoms with Gasteiger partial charge in [0.2, 0.25) is 11.8 Å². The smallest absolute Gasteiger partial charge is 0.326 e. The minimum Gasteiger partial charge on any atom is -0.397 e. The molecule has 3 N–H and O–H groups in total. The van der Waals surface area contributed by atoms with Crippen molar-refractivity contribution in [3.05, 3.63) is 23.2 Å². The van der Waals surface area contributed by atoms with Crippen molar-refractivity contribution in [1.82, 2.24) is 9.80 Å². The molecule has 112 valence electrons. The van der Waals surface area contributed by atoms with E-state index in [1.807, 2.05) is 0 Å². The van der Waals surface area contributed by atoms with Crippen molar-refractivity contribution in [3.8, 4) is 0 Å². The van der Waals surface area contributed by atoms with Gasteiger partial charge in [-0.2, -0.15) is 0 Å². The summed E-state index contributed by atoms with van der Waals surface area (Å²) in [6, 6.07) is 4.36. The molecule has 4 amide bonds. The van der Waals surface area contributed by atoms with Crippen LogP contribution in [0.2, 0.25) is 5.02 Å². The summed E-state index contributed by atoms with van der Waals surface area (Å²) in [5, 5.41) is 3.04.